The smallest absolute Gasteiger partial charge is 0.305 e. The van der Waals surface area contributed by atoms with E-state index >= 15 is 0 Å². The zero-order valence-corrected chi connectivity index (χ0v) is 76.4. The highest BCUT2D eigenvalue weighted by Crippen LogP contribution is 2.21. The van der Waals surface area contributed by atoms with Gasteiger partial charge in [-0.1, -0.05) is 44.0 Å². The van der Waals surface area contributed by atoms with Crippen molar-refractivity contribution in [1.29, 1.82) is 5.41 Å². The fourth-order valence-corrected chi connectivity index (χ4v) is 15.1. The van der Waals surface area contributed by atoms with E-state index in [0.717, 1.165) is 64.4 Å². The molecule has 9 heterocycles. The number of rotatable bonds is 29. The maximum atomic E-state index is 14.9. The minimum atomic E-state index is -1.71. The first kappa shape index (κ1) is 106. The molecule has 11 rings (SSSR count). The first-order chi connectivity index (χ1) is 66.0. The summed E-state index contributed by atoms with van der Waals surface area (Å²) >= 11 is 11.3. The molecule has 2 aromatic carbocycles. The molecule has 13 amide bonds. The van der Waals surface area contributed by atoms with Gasteiger partial charge in [-0.15, -0.1) is 18.9 Å². The van der Waals surface area contributed by atoms with E-state index in [9.17, 15) is 117 Å². The molecule has 0 aliphatic carbocycles. The molecule has 4 aromatic heterocycles. The number of aromatic nitrogens is 4. The number of phenolic OH excluding ortho intramolecular Hbond substituents is 1. The van der Waals surface area contributed by atoms with Crippen LogP contribution in [0.3, 0.4) is 0 Å². The Balaban J connectivity index is 0.812. The number of hydrogen-bond acceptors (Lipinski definition) is 28. The second kappa shape index (κ2) is 52.3. The van der Waals surface area contributed by atoms with E-state index in [1.165, 1.54) is 30.3 Å². The number of fused-ring (bicyclic) bond motifs is 2. The molecule has 6 aromatic rings. The highest BCUT2D eigenvalue weighted by Gasteiger charge is 2.38. The first-order valence-electron chi connectivity index (χ1n) is 44.0. The largest absolute Gasteiger partial charge is 0.508 e. The van der Waals surface area contributed by atoms with Crippen molar-refractivity contribution in [3.63, 3.8) is 0 Å². The Morgan fingerprint density at radius 2 is 1.06 bits per heavy atom. The summed E-state index contributed by atoms with van der Waals surface area (Å²) < 4.78 is 11.2. The van der Waals surface area contributed by atoms with E-state index < -0.39 is 207 Å². The SMILES string of the molecule is CCCCC(NC(=S)Nc1ccc(NC(=S)NCCCCC2NC(=O)C(CCCNC(=N)N)NC(=O)CNC(=O)C(CC(=O)O)NC(=O)C(Cc3ccc(O)cc3)NC2=O)cc1)C(=O)NCCOCCNC(=O)C1CCCN(C(=O)c2cccc(=O)n2O)CCCNC(=O)c2ccc(c(=O)n2O)C(=O)N[C@@H]2COC[C@@H]2NC(=O)c2ccc(n(O)c2=O)C(=O)NCCCN1C(=O)c1cccc(=O)n1O. The van der Waals surface area contributed by atoms with Crippen LogP contribution in [0, 0.1) is 5.41 Å². The molecule has 742 valence electrons. The number of guanidine groups is 1. The summed E-state index contributed by atoms with van der Waals surface area (Å²) in [5.41, 5.74) is -1.67. The summed E-state index contributed by atoms with van der Waals surface area (Å²) in [7, 11) is 0. The molecule has 6 unspecified atom stereocenters. The lowest BCUT2D eigenvalue weighted by molar-refractivity contribution is -0.141. The highest BCUT2D eigenvalue weighted by atomic mass is 32.1. The van der Waals surface area contributed by atoms with Gasteiger partial charge in [0, 0.05) is 88.8 Å². The molecule has 138 heavy (non-hydrogen) atoms. The molecule has 2 fully saturated rings. The third-order valence-electron chi connectivity index (χ3n) is 21.8. The summed E-state index contributed by atoms with van der Waals surface area (Å²) in [4.78, 5) is 248. The number of thiocarbonyl (C=S) groups is 2. The van der Waals surface area contributed by atoms with E-state index in [4.69, 9.17) is 45.1 Å². The second-order valence-electron chi connectivity index (χ2n) is 31.9. The number of unbranched alkanes of at least 4 members (excludes halogenated alkanes) is 2. The number of nitrogens with two attached hydrogens (primary N) is 1. The van der Waals surface area contributed by atoms with Crippen molar-refractivity contribution in [3.05, 3.63) is 190 Å². The van der Waals surface area contributed by atoms with Crippen LogP contribution in [-0.2, 0) is 54.3 Å². The average molecular weight is 1960 g/mol. The molecule has 4 bridgehead atoms. The summed E-state index contributed by atoms with van der Waals surface area (Å²) in [6.45, 7) is -1.25. The highest BCUT2D eigenvalue weighted by molar-refractivity contribution is 7.80. The van der Waals surface area contributed by atoms with Crippen LogP contribution in [0.5, 0.6) is 5.75 Å². The van der Waals surface area contributed by atoms with Crippen LogP contribution in [-0.4, -0.2) is 299 Å². The Bertz CT molecular complexity index is 5720. The normalized spacial score (nSPS) is 18.8. The third kappa shape index (κ3) is 31.2. The van der Waals surface area contributed by atoms with Crippen molar-refractivity contribution in [2.75, 3.05) is 103 Å². The number of aromatic hydroxyl groups is 1. The molecule has 5 aliphatic heterocycles. The van der Waals surface area contributed by atoms with Crippen LogP contribution in [0.2, 0.25) is 0 Å². The number of carboxylic acid groups (broad SMARTS) is 1. The lowest BCUT2D eigenvalue weighted by atomic mass is 10.0. The van der Waals surface area contributed by atoms with Gasteiger partial charge in [-0.25, -0.2) is 0 Å². The van der Waals surface area contributed by atoms with Crippen LogP contribution < -0.4 is 113 Å². The Hall–Kier alpha value is -15.6. The minimum absolute atomic E-state index is 0.0298. The Kier molecular flexibility index (Phi) is 40.2. The molecule has 8 atom stereocenters. The van der Waals surface area contributed by atoms with Gasteiger partial charge in [-0.3, -0.25) is 91.7 Å². The number of hydrogen-bond donors (Lipinski definition) is 24. The van der Waals surface area contributed by atoms with Gasteiger partial charge < -0.3 is 141 Å². The second-order valence-corrected chi connectivity index (χ2v) is 32.7. The third-order valence-corrected chi connectivity index (χ3v) is 22.3. The lowest BCUT2D eigenvalue weighted by Gasteiger charge is -2.32. The molecule has 2 saturated heterocycles. The standard InChI is InChI=1S/C86H110N24O26S2/c1-2-3-12-54(104-86(138)97-50-24-22-49(23-25-50)96-85(137)94-32-5-4-13-56-75(122)100-57(43-48-20-26-51(111)27-21-48)76(123)101-58(44-69(115)116)73(120)95-45-66(112)98-55(74(121)99-56)14-8-33-93-84(87)88)72(119)91-36-41-135-42-37-92-77(124)61-17-9-38-105(82(129)64-15-6-18-67(113)107(64)131)39-10-34-89-78(125)62-30-28-52(80(127)109(62)133)70(117)102-59-46-136-47-60(59)103-71(118)53-29-31-63(110(134)81(53)128)79(126)90-35-11-40-106(61)83(130)65-16-7-19-68(114)108(65)132/h6-7,15-16,18-31,54-61,111,131-134H,2-5,8-14,17,32-47H2,1H3,(H,89,125)(H,90,126)(H,91,119)(H,92,124)(H,95,120)(H,98,112)(H,99,121)(H,100,122)(H,101,123)(H,102,117)(H,103,118)(H,115,116)(H4,87,88,93)(H2,94,96,137)(H2,97,104,138)/t54?,55?,56?,57?,58?,59-,60+,61?/m1/s1. The summed E-state index contributed by atoms with van der Waals surface area (Å²) in [6.07, 6.45) is 0.336. The monoisotopic (exact) mass is 1960 g/mol. The number of amides is 13. The van der Waals surface area contributed by atoms with Crippen molar-refractivity contribution in [3.8, 4) is 5.75 Å². The zero-order valence-electron chi connectivity index (χ0n) is 74.7. The van der Waals surface area contributed by atoms with Crippen molar-refractivity contribution >= 4 is 135 Å². The summed E-state index contributed by atoms with van der Waals surface area (Å²) in [5.74, 6) is -14.1. The quantitative estimate of drug-likeness (QED) is 0.00698. The number of aliphatic carboxylic acids is 1. The molecule has 0 spiro atoms. The van der Waals surface area contributed by atoms with Gasteiger partial charge in [0.15, 0.2) is 16.2 Å². The topological polar surface area (TPSA) is 716 Å². The number of ether oxygens (including phenoxy) is 2. The molecular formula is C86H110N24O26S2. The maximum Gasteiger partial charge on any atom is 0.305 e. The van der Waals surface area contributed by atoms with E-state index in [0.29, 0.717) is 42.6 Å². The number of pyridine rings is 4. The average Bonchev–Trinajstić information content (AvgIpc) is 1.23. The Morgan fingerprint density at radius 3 is 1.64 bits per heavy atom. The molecule has 50 nitrogen and oxygen atoms in total. The number of nitrogens with one attached hydrogen (secondary N) is 17. The van der Waals surface area contributed by atoms with Crippen molar-refractivity contribution in [2.24, 2.45) is 5.73 Å². The predicted octanol–water partition coefficient (Wildman–Crippen LogP) is -4.10. The van der Waals surface area contributed by atoms with Crippen LogP contribution in [0.4, 0.5) is 11.4 Å². The van der Waals surface area contributed by atoms with Gasteiger partial charge in [0.05, 0.1) is 51.5 Å². The molecular weight excluding hydrogens is 1850 g/mol. The van der Waals surface area contributed by atoms with Crippen LogP contribution in [0.15, 0.2) is 128 Å². The van der Waals surface area contributed by atoms with Gasteiger partial charge in [0.25, 0.3) is 57.7 Å². The van der Waals surface area contributed by atoms with Crippen LogP contribution in [0.25, 0.3) is 0 Å². The number of nitrogens with zero attached hydrogens (tertiary/aromatic N) is 6. The van der Waals surface area contributed by atoms with Gasteiger partial charge in [-0.2, -0.15) is 0 Å². The van der Waals surface area contributed by atoms with Crippen molar-refractivity contribution in [2.45, 2.75) is 145 Å². The number of benzene rings is 2. The van der Waals surface area contributed by atoms with E-state index in [1.807, 2.05) is 6.92 Å². The summed E-state index contributed by atoms with van der Waals surface area (Å²) in [5, 5.41) is 114. The molecule has 52 heteroatoms. The Morgan fingerprint density at radius 1 is 0.536 bits per heavy atom. The minimum Gasteiger partial charge on any atom is -0.508 e. The molecule has 0 saturated carbocycles. The van der Waals surface area contributed by atoms with Crippen molar-refractivity contribution < 1.29 is 108 Å². The summed E-state index contributed by atoms with van der Waals surface area (Å²) in [6, 6.07) is 12.2. The van der Waals surface area contributed by atoms with Crippen LogP contribution >= 0.6 is 24.4 Å². The number of phenols is 1. The van der Waals surface area contributed by atoms with E-state index in [2.05, 4.69) is 85.1 Å². The first-order valence-corrected chi connectivity index (χ1v) is 44.8. The Labute approximate surface area is 796 Å². The number of anilines is 2. The van der Waals surface area contributed by atoms with Crippen LogP contribution in [0.1, 0.15) is 159 Å². The maximum absolute atomic E-state index is 14.9. The number of carbonyl (C=O) groups is 14. The van der Waals surface area contributed by atoms with Crippen molar-refractivity contribution in [1.82, 2.24) is 103 Å². The fraction of sp³-hybridized carbons (Fsp3) is 0.430. The van der Waals surface area contributed by atoms with Gasteiger partial charge in [-0.05, 0) is 167 Å². The predicted molar refractivity (Wildman–Crippen MR) is 497 cm³/mol. The number of carbonyl (C=O) groups excluding carboxylic acids is 13. The van der Waals surface area contributed by atoms with Gasteiger partial charge >= 0.3 is 5.97 Å². The lowest BCUT2D eigenvalue weighted by Crippen LogP contribution is -2.58. The van der Waals surface area contributed by atoms with Gasteiger partial charge in [0.2, 0.25) is 41.4 Å². The van der Waals surface area contributed by atoms with E-state index in [-0.39, 0.29) is 177 Å². The van der Waals surface area contributed by atoms with Gasteiger partial charge in [0.1, 0.15) is 75.9 Å². The molecule has 0 radical (unpaired) electrons. The molecule has 5 aliphatic rings. The van der Waals surface area contributed by atoms with E-state index in [1.54, 1.807) is 24.3 Å². The number of carboxylic acids is 1. The fourth-order valence-electron chi connectivity index (χ4n) is 14.6. The molecule has 25 N–H and O–H groups in total. The zero-order chi connectivity index (χ0) is 100.